The third kappa shape index (κ3) is 3.92. The molecule has 2 aromatic rings. The SMILES string of the molecule is CN(CCCC(=O)O)Cc1nnc(-c2ccco2)o1. The Morgan fingerprint density at radius 2 is 2.32 bits per heavy atom. The van der Waals surface area contributed by atoms with E-state index in [0.717, 1.165) is 0 Å². The zero-order valence-corrected chi connectivity index (χ0v) is 10.6. The van der Waals surface area contributed by atoms with Crippen molar-refractivity contribution in [1.82, 2.24) is 15.1 Å². The first-order valence-electron chi connectivity index (χ1n) is 5.92. The quantitative estimate of drug-likeness (QED) is 0.813. The molecule has 1 N–H and O–H groups in total. The highest BCUT2D eigenvalue weighted by Crippen LogP contribution is 2.18. The second kappa shape index (κ2) is 6.14. The van der Waals surface area contributed by atoms with Gasteiger partial charge in [-0.15, -0.1) is 10.2 Å². The van der Waals surface area contributed by atoms with Gasteiger partial charge in [-0.2, -0.15) is 0 Å². The Morgan fingerprint density at radius 3 is 3.00 bits per heavy atom. The van der Waals surface area contributed by atoms with Crippen molar-refractivity contribution in [3.63, 3.8) is 0 Å². The van der Waals surface area contributed by atoms with Gasteiger partial charge in [0.2, 0.25) is 5.89 Å². The fourth-order valence-electron chi connectivity index (χ4n) is 1.63. The third-order valence-corrected chi connectivity index (χ3v) is 2.53. The van der Waals surface area contributed by atoms with Crippen molar-refractivity contribution in [3.05, 3.63) is 24.3 Å². The van der Waals surface area contributed by atoms with Gasteiger partial charge >= 0.3 is 5.97 Å². The van der Waals surface area contributed by atoms with Crippen LogP contribution in [0, 0.1) is 0 Å². The number of nitrogens with zero attached hydrogens (tertiary/aromatic N) is 3. The molecule has 7 heteroatoms. The van der Waals surface area contributed by atoms with Gasteiger partial charge in [0.25, 0.3) is 5.89 Å². The standard InChI is InChI=1S/C12H15N3O4/c1-15(6-2-5-11(16)17)8-10-13-14-12(19-10)9-4-3-7-18-9/h3-4,7H,2,5-6,8H2,1H3,(H,16,17). The van der Waals surface area contributed by atoms with E-state index >= 15 is 0 Å². The molecule has 2 heterocycles. The molecule has 0 aromatic carbocycles. The summed E-state index contributed by atoms with van der Waals surface area (Å²) in [6.07, 6.45) is 2.29. The zero-order chi connectivity index (χ0) is 13.7. The molecule has 0 radical (unpaired) electrons. The molecule has 0 bridgehead atoms. The lowest BCUT2D eigenvalue weighted by molar-refractivity contribution is -0.137. The van der Waals surface area contributed by atoms with Crippen molar-refractivity contribution in [2.45, 2.75) is 19.4 Å². The summed E-state index contributed by atoms with van der Waals surface area (Å²) < 4.78 is 10.6. The van der Waals surface area contributed by atoms with E-state index in [1.165, 1.54) is 6.26 Å². The Balaban J connectivity index is 1.84. The van der Waals surface area contributed by atoms with Crippen LogP contribution in [0.5, 0.6) is 0 Å². The second-order valence-electron chi connectivity index (χ2n) is 4.21. The molecule has 0 unspecified atom stereocenters. The Kier molecular flexibility index (Phi) is 4.30. The summed E-state index contributed by atoms with van der Waals surface area (Å²) >= 11 is 0. The number of rotatable bonds is 7. The first-order chi connectivity index (χ1) is 9.15. The number of aromatic nitrogens is 2. The highest BCUT2D eigenvalue weighted by Gasteiger charge is 2.12. The van der Waals surface area contributed by atoms with Crippen molar-refractivity contribution < 1.29 is 18.7 Å². The smallest absolute Gasteiger partial charge is 0.303 e. The third-order valence-electron chi connectivity index (χ3n) is 2.53. The van der Waals surface area contributed by atoms with Gasteiger partial charge in [0.15, 0.2) is 5.76 Å². The predicted molar refractivity (Wildman–Crippen MR) is 65.2 cm³/mol. The lowest BCUT2D eigenvalue weighted by atomic mass is 10.3. The Labute approximate surface area is 109 Å². The molecule has 2 aromatic heterocycles. The minimum atomic E-state index is -0.786. The van der Waals surface area contributed by atoms with Gasteiger partial charge in [0, 0.05) is 6.42 Å². The molecule has 0 aliphatic rings. The summed E-state index contributed by atoms with van der Waals surface area (Å²) in [4.78, 5) is 12.3. The van der Waals surface area contributed by atoms with Crippen LogP contribution in [0.3, 0.4) is 0 Å². The van der Waals surface area contributed by atoms with E-state index < -0.39 is 5.97 Å². The molecule has 0 fully saturated rings. The fraction of sp³-hybridized carbons (Fsp3) is 0.417. The average Bonchev–Trinajstić information content (AvgIpc) is 2.97. The normalized spacial score (nSPS) is 11.1. The predicted octanol–water partition coefficient (Wildman–Crippen LogP) is 1.63. The first-order valence-corrected chi connectivity index (χ1v) is 5.92. The minimum absolute atomic E-state index is 0.159. The number of furan rings is 1. The van der Waals surface area contributed by atoms with Crippen LogP contribution >= 0.6 is 0 Å². The molecule has 0 saturated carbocycles. The number of hydrogen-bond acceptors (Lipinski definition) is 6. The molecule has 0 spiro atoms. The molecule has 0 aliphatic carbocycles. The van der Waals surface area contributed by atoms with Gasteiger partial charge in [0.05, 0.1) is 12.8 Å². The van der Waals surface area contributed by atoms with Crippen LogP contribution in [0.25, 0.3) is 11.7 Å². The lowest BCUT2D eigenvalue weighted by Crippen LogP contribution is -2.20. The van der Waals surface area contributed by atoms with Gasteiger partial charge in [-0.05, 0) is 32.1 Å². The van der Waals surface area contributed by atoms with Crippen molar-refractivity contribution in [1.29, 1.82) is 0 Å². The van der Waals surface area contributed by atoms with Crippen LogP contribution in [0.4, 0.5) is 0 Å². The highest BCUT2D eigenvalue weighted by molar-refractivity contribution is 5.66. The van der Waals surface area contributed by atoms with E-state index in [-0.39, 0.29) is 6.42 Å². The maximum atomic E-state index is 10.4. The van der Waals surface area contributed by atoms with Crippen LogP contribution in [-0.2, 0) is 11.3 Å². The summed E-state index contributed by atoms with van der Waals surface area (Å²) in [7, 11) is 1.87. The molecular weight excluding hydrogens is 250 g/mol. The summed E-state index contributed by atoms with van der Waals surface area (Å²) in [5, 5.41) is 16.4. The highest BCUT2D eigenvalue weighted by atomic mass is 16.4. The number of carboxylic acids is 1. The van der Waals surface area contributed by atoms with E-state index in [9.17, 15) is 4.79 Å². The molecule has 0 aliphatic heterocycles. The lowest BCUT2D eigenvalue weighted by Gasteiger charge is -2.12. The topological polar surface area (TPSA) is 92.6 Å². The van der Waals surface area contributed by atoms with Crippen molar-refractivity contribution in [3.8, 4) is 11.7 Å². The summed E-state index contributed by atoms with van der Waals surface area (Å²) in [6, 6.07) is 3.49. The average molecular weight is 265 g/mol. The van der Waals surface area contributed by atoms with Gasteiger partial charge in [-0.1, -0.05) is 0 Å². The van der Waals surface area contributed by atoms with E-state index in [1.54, 1.807) is 12.1 Å². The van der Waals surface area contributed by atoms with Gasteiger partial charge in [-0.25, -0.2) is 0 Å². The number of hydrogen-bond donors (Lipinski definition) is 1. The van der Waals surface area contributed by atoms with Crippen LogP contribution in [-0.4, -0.2) is 39.8 Å². The zero-order valence-electron chi connectivity index (χ0n) is 10.6. The largest absolute Gasteiger partial charge is 0.481 e. The minimum Gasteiger partial charge on any atom is -0.481 e. The maximum Gasteiger partial charge on any atom is 0.303 e. The van der Waals surface area contributed by atoms with Crippen molar-refractivity contribution in [2.75, 3.05) is 13.6 Å². The van der Waals surface area contributed by atoms with Gasteiger partial charge in [-0.3, -0.25) is 9.69 Å². The van der Waals surface area contributed by atoms with E-state index in [2.05, 4.69) is 10.2 Å². The van der Waals surface area contributed by atoms with Crippen LogP contribution in [0.1, 0.15) is 18.7 Å². The summed E-state index contributed by atoms with van der Waals surface area (Å²) in [6.45, 7) is 1.14. The maximum absolute atomic E-state index is 10.4. The van der Waals surface area contributed by atoms with E-state index in [0.29, 0.717) is 37.1 Å². The molecule has 0 amide bonds. The Morgan fingerprint density at radius 1 is 1.47 bits per heavy atom. The number of carbonyl (C=O) groups is 1. The van der Waals surface area contributed by atoms with Crippen molar-refractivity contribution in [2.24, 2.45) is 0 Å². The molecule has 2 rings (SSSR count). The Hall–Kier alpha value is -2.15. The molecule has 0 atom stereocenters. The molecule has 7 nitrogen and oxygen atoms in total. The van der Waals surface area contributed by atoms with Crippen LogP contribution < -0.4 is 0 Å². The monoisotopic (exact) mass is 265 g/mol. The first kappa shape index (κ1) is 13.3. The fourth-order valence-corrected chi connectivity index (χ4v) is 1.63. The molecule has 0 saturated heterocycles. The Bertz CT molecular complexity index is 521. The van der Waals surface area contributed by atoms with Crippen molar-refractivity contribution >= 4 is 5.97 Å². The van der Waals surface area contributed by atoms with Crippen LogP contribution in [0.2, 0.25) is 0 Å². The van der Waals surface area contributed by atoms with Crippen LogP contribution in [0.15, 0.2) is 27.2 Å². The molecular formula is C12H15N3O4. The molecule has 102 valence electrons. The summed E-state index contributed by atoms with van der Waals surface area (Å²) in [5.74, 6) is 0.571. The molecule has 19 heavy (non-hydrogen) atoms. The van der Waals surface area contributed by atoms with E-state index in [1.807, 2.05) is 11.9 Å². The summed E-state index contributed by atoms with van der Waals surface area (Å²) in [5.41, 5.74) is 0. The van der Waals surface area contributed by atoms with Gasteiger partial charge in [0.1, 0.15) is 0 Å². The second-order valence-corrected chi connectivity index (χ2v) is 4.21. The van der Waals surface area contributed by atoms with Gasteiger partial charge < -0.3 is 13.9 Å². The number of carboxylic acid groups (broad SMARTS) is 1. The van der Waals surface area contributed by atoms with E-state index in [4.69, 9.17) is 13.9 Å². The number of aliphatic carboxylic acids is 1.